The molecule has 0 radical (unpaired) electrons. The molecule has 0 saturated heterocycles. The zero-order chi connectivity index (χ0) is 12.2. The molecule has 1 unspecified atom stereocenters. The molecular weight excluding hydrogens is 220 g/mol. The van der Waals surface area contributed by atoms with Crippen LogP contribution in [0.3, 0.4) is 0 Å². The molecule has 0 aliphatic rings. The van der Waals surface area contributed by atoms with Crippen molar-refractivity contribution in [2.75, 3.05) is 0 Å². The number of aliphatic carboxylic acids is 1. The molecule has 1 N–H and O–H groups in total. The maximum Gasteiger partial charge on any atom is 0.304 e. The van der Waals surface area contributed by atoms with Crippen LogP contribution in [0.1, 0.15) is 71.1 Å². The summed E-state index contributed by atoms with van der Waals surface area (Å²) in [5.41, 5.74) is 0. The fourth-order valence-corrected chi connectivity index (χ4v) is 2.16. The van der Waals surface area contributed by atoms with Crippen LogP contribution < -0.4 is 0 Å². The maximum absolute atomic E-state index is 10.4. The van der Waals surface area contributed by atoms with E-state index in [0.717, 1.165) is 12.8 Å². The van der Waals surface area contributed by atoms with Gasteiger partial charge < -0.3 is 5.11 Å². The lowest BCUT2D eigenvalue weighted by Crippen LogP contribution is -2.06. The minimum atomic E-state index is -0.737. The first kappa shape index (κ1) is 15.8. The molecule has 0 saturated carbocycles. The van der Waals surface area contributed by atoms with Crippen LogP contribution in [-0.2, 0) is 4.79 Å². The first-order valence-electron chi connectivity index (χ1n) is 6.56. The van der Waals surface area contributed by atoms with Crippen LogP contribution >= 0.6 is 12.6 Å². The summed E-state index contributed by atoms with van der Waals surface area (Å²) in [6, 6.07) is 0. The number of carboxylic acid groups (broad SMARTS) is 1. The third-order valence-corrected chi connectivity index (χ3v) is 3.24. The predicted octanol–water partition coefficient (Wildman–Crippen LogP) is 4.29. The first-order valence-corrected chi connectivity index (χ1v) is 7.08. The summed E-state index contributed by atoms with van der Waals surface area (Å²) in [5.74, 6) is -0.737. The number of rotatable bonds is 11. The van der Waals surface area contributed by atoms with Crippen LogP contribution in [0.2, 0.25) is 0 Å². The molecule has 3 heteroatoms. The Morgan fingerprint density at radius 2 is 1.56 bits per heavy atom. The van der Waals surface area contributed by atoms with Crippen LogP contribution in [0.4, 0.5) is 0 Å². The summed E-state index contributed by atoms with van der Waals surface area (Å²) in [6.07, 6.45) is 11.5. The Labute approximate surface area is 105 Å². The van der Waals surface area contributed by atoms with Gasteiger partial charge in [-0.2, -0.15) is 12.6 Å². The SMILES string of the molecule is CCCCCCCCCCC(S)CC(=O)O. The minimum Gasteiger partial charge on any atom is -0.481 e. The van der Waals surface area contributed by atoms with Crippen LogP contribution in [0.15, 0.2) is 0 Å². The summed E-state index contributed by atoms with van der Waals surface area (Å²) >= 11 is 4.26. The molecule has 0 amide bonds. The molecule has 0 fully saturated rings. The molecule has 2 nitrogen and oxygen atoms in total. The highest BCUT2D eigenvalue weighted by Crippen LogP contribution is 2.14. The van der Waals surface area contributed by atoms with Crippen LogP contribution in [-0.4, -0.2) is 16.3 Å². The smallest absolute Gasteiger partial charge is 0.304 e. The van der Waals surface area contributed by atoms with Gasteiger partial charge >= 0.3 is 5.97 Å². The van der Waals surface area contributed by atoms with Crippen molar-refractivity contribution in [1.82, 2.24) is 0 Å². The van der Waals surface area contributed by atoms with Crippen molar-refractivity contribution >= 4 is 18.6 Å². The van der Waals surface area contributed by atoms with Crippen molar-refractivity contribution in [3.05, 3.63) is 0 Å². The molecule has 1 atom stereocenters. The van der Waals surface area contributed by atoms with Gasteiger partial charge in [0, 0.05) is 5.25 Å². The molecule has 96 valence electrons. The van der Waals surface area contributed by atoms with Crippen LogP contribution in [0, 0.1) is 0 Å². The third kappa shape index (κ3) is 11.9. The van der Waals surface area contributed by atoms with Gasteiger partial charge in [0.15, 0.2) is 0 Å². The number of hydrogen-bond donors (Lipinski definition) is 2. The van der Waals surface area contributed by atoms with Gasteiger partial charge in [0.1, 0.15) is 0 Å². The molecule has 0 aromatic rings. The Kier molecular flexibility index (Phi) is 11.2. The van der Waals surface area contributed by atoms with E-state index < -0.39 is 5.97 Å². The predicted molar refractivity (Wildman–Crippen MR) is 72.3 cm³/mol. The van der Waals surface area contributed by atoms with Gasteiger partial charge in [0.05, 0.1) is 6.42 Å². The molecule has 16 heavy (non-hydrogen) atoms. The second-order valence-electron chi connectivity index (χ2n) is 4.52. The lowest BCUT2D eigenvalue weighted by molar-refractivity contribution is -0.136. The monoisotopic (exact) mass is 246 g/mol. The summed E-state index contributed by atoms with van der Waals surface area (Å²) in [6.45, 7) is 2.23. The molecule has 0 aromatic carbocycles. The topological polar surface area (TPSA) is 37.3 Å². The quantitative estimate of drug-likeness (QED) is 0.421. The zero-order valence-electron chi connectivity index (χ0n) is 10.5. The zero-order valence-corrected chi connectivity index (χ0v) is 11.3. The fourth-order valence-electron chi connectivity index (χ4n) is 1.82. The van der Waals surface area contributed by atoms with Gasteiger partial charge in [-0.25, -0.2) is 0 Å². The van der Waals surface area contributed by atoms with E-state index in [1.807, 2.05) is 0 Å². The highest BCUT2D eigenvalue weighted by Gasteiger charge is 2.07. The normalized spacial score (nSPS) is 12.6. The Morgan fingerprint density at radius 3 is 2.06 bits per heavy atom. The molecule has 0 bridgehead atoms. The molecule has 0 spiro atoms. The van der Waals surface area contributed by atoms with Crippen LogP contribution in [0.5, 0.6) is 0 Å². The maximum atomic E-state index is 10.4. The number of thiol groups is 1. The van der Waals surface area contributed by atoms with E-state index in [9.17, 15) is 4.79 Å². The van der Waals surface area contributed by atoms with E-state index in [-0.39, 0.29) is 11.7 Å². The Bertz CT molecular complexity index is 171. The summed E-state index contributed by atoms with van der Waals surface area (Å²) in [5, 5.41) is 8.60. The summed E-state index contributed by atoms with van der Waals surface area (Å²) in [4.78, 5) is 10.4. The third-order valence-electron chi connectivity index (χ3n) is 2.80. The van der Waals surface area contributed by atoms with Crippen molar-refractivity contribution in [2.45, 2.75) is 76.4 Å². The second-order valence-corrected chi connectivity index (χ2v) is 5.25. The Morgan fingerprint density at radius 1 is 1.06 bits per heavy atom. The van der Waals surface area contributed by atoms with Gasteiger partial charge in [0.2, 0.25) is 0 Å². The van der Waals surface area contributed by atoms with Gasteiger partial charge in [-0.3, -0.25) is 4.79 Å². The number of unbranched alkanes of at least 4 members (excludes halogenated alkanes) is 7. The lowest BCUT2D eigenvalue weighted by Gasteiger charge is -2.07. The molecule has 0 aliphatic carbocycles. The molecular formula is C13H26O2S. The largest absolute Gasteiger partial charge is 0.481 e. The van der Waals surface area contributed by atoms with E-state index in [0.29, 0.717) is 0 Å². The van der Waals surface area contributed by atoms with Crippen molar-refractivity contribution < 1.29 is 9.90 Å². The molecule has 0 rings (SSSR count). The highest BCUT2D eigenvalue weighted by molar-refractivity contribution is 7.81. The highest BCUT2D eigenvalue weighted by atomic mass is 32.1. The van der Waals surface area contributed by atoms with Crippen molar-refractivity contribution in [3.8, 4) is 0 Å². The number of hydrogen-bond acceptors (Lipinski definition) is 2. The van der Waals surface area contributed by atoms with E-state index in [2.05, 4.69) is 19.6 Å². The Balaban J connectivity index is 3.11. The first-order chi connectivity index (χ1) is 7.66. The number of carbonyl (C=O) groups is 1. The standard InChI is InChI=1S/C13H26O2S/c1-2-3-4-5-6-7-8-9-10-12(16)11-13(14)15/h12,16H,2-11H2,1H3,(H,14,15). The van der Waals surface area contributed by atoms with Crippen molar-refractivity contribution in [1.29, 1.82) is 0 Å². The van der Waals surface area contributed by atoms with Gasteiger partial charge in [-0.15, -0.1) is 0 Å². The van der Waals surface area contributed by atoms with Crippen molar-refractivity contribution in [2.24, 2.45) is 0 Å². The molecule has 0 heterocycles. The molecule has 0 aromatic heterocycles. The minimum absolute atomic E-state index is 0.0394. The summed E-state index contributed by atoms with van der Waals surface area (Å²) in [7, 11) is 0. The van der Waals surface area contributed by atoms with Gasteiger partial charge in [0.25, 0.3) is 0 Å². The molecule has 0 aliphatic heterocycles. The van der Waals surface area contributed by atoms with Crippen molar-refractivity contribution in [3.63, 3.8) is 0 Å². The van der Waals surface area contributed by atoms with E-state index in [1.54, 1.807) is 0 Å². The van der Waals surface area contributed by atoms with E-state index >= 15 is 0 Å². The fraction of sp³-hybridized carbons (Fsp3) is 0.923. The lowest BCUT2D eigenvalue weighted by atomic mass is 10.1. The Hall–Kier alpha value is -0.180. The summed E-state index contributed by atoms with van der Waals surface area (Å²) < 4.78 is 0. The van der Waals surface area contributed by atoms with Crippen LogP contribution in [0.25, 0.3) is 0 Å². The van der Waals surface area contributed by atoms with E-state index in [4.69, 9.17) is 5.11 Å². The average Bonchev–Trinajstić information content (AvgIpc) is 2.21. The van der Waals surface area contributed by atoms with Gasteiger partial charge in [-0.1, -0.05) is 58.3 Å². The van der Waals surface area contributed by atoms with Gasteiger partial charge in [-0.05, 0) is 6.42 Å². The number of carboxylic acids is 1. The van der Waals surface area contributed by atoms with E-state index in [1.165, 1.54) is 44.9 Å². The average molecular weight is 246 g/mol. The second kappa shape index (κ2) is 11.3.